The number of methoxy groups -OCH3 is 1. The van der Waals surface area contributed by atoms with Crippen LogP contribution in [-0.4, -0.2) is 40.6 Å². The minimum absolute atomic E-state index is 0.0808. The molecule has 0 spiro atoms. The number of anilines is 1. The summed E-state index contributed by atoms with van der Waals surface area (Å²) in [6, 6.07) is 8.83. The quantitative estimate of drug-likeness (QED) is 0.409. The van der Waals surface area contributed by atoms with Crippen LogP contribution in [0.15, 0.2) is 47.6 Å². The van der Waals surface area contributed by atoms with Gasteiger partial charge in [0.1, 0.15) is 23.1 Å². The van der Waals surface area contributed by atoms with E-state index < -0.39 is 33.7 Å². The molecule has 0 aromatic heterocycles. The summed E-state index contributed by atoms with van der Waals surface area (Å²) in [5.74, 6) is -2.44. The summed E-state index contributed by atoms with van der Waals surface area (Å²) < 4.78 is 5.15. The van der Waals surface area contributed by atoms with E-state index >= 15 is 0 Å². The molecule has 2 heterocycles. The number of oxime groups is 1. The molecule has 1 fully saturated rings. The van der Waals surface area contributed by atoms with Crippen LogP contribution in [0.25, 0.3) is 0 Å². The number of hydrogen-bond donors (Lipinski definition) is 0. The van der Waals surface area contributed by atoms with Gasteiger partial charge in [0, 0.05) is 29.8 Å². The van der Waals surface area contributed by atoms with Gasteiger partial charge >= 0.3 is 0 Å². The molecule has 1 saturated heterocycles. The van der Waals surface area contributed by atoms with E-state index in [1.165, 1.54) is 43.5 Å². The maximum Gasteiger partial charge on any atom is 0.279 e. The Morgan fingerprint density at radius 3 is 2.23 bits per heavy atom. The zero-order chi connectivity index (χ0) is 21.6. The van der Waals surface area contributed by atoms with Crippen molar-refractivity contribution >= 4 is 34.6 Å². The molecule has 12 heteroatoms. The lowest BCUT2D eigenvalue weighted by Gasteiger charge is -2.18. The molecule has 0 radical (unpaired) electrons. The second-order valence-corrected chi connectivity index (χ2v) is 6.41. The first-order chi connectivity index (χ1) is 14.3. The third kappa shape index (κ3) is 2.82. The van der Waals surface area contributed by atoms with Gasteiger partial charge in [0.25, 0.3) is 17.3 Å². The average molecular weight is 412 g/mol. The van der Waals surface area contributed by atoms with Gasteiger partial charge in [-0.3, -0.25) is 29.8 Å². The molecule has 2 aliphatic rings. The van der Waals surface area contributed by atoms with Crippen molar-refractivity contribution in [2.75, 3.05) is 12.0 Å². The number of imide groups is 1. The van der Waals surface area contributed by atoms with Crippen LogP contribution in [0.1, 0.15) is 5.56 Å². The third-order valence-corrected chi connectivity index (χ3v) is 4.80. The number of ether oxygens (including phenoxy) is 1. The average Bonchev–Trinajstić information content (AvgIpc) is 3.27. The Morgan fingerprint density at radius 1 is 1.00 bits per heavy atom. The number of fused-ring (bicyclic) bond motifs is 1. The number of nitrogens with zero attached hydrogens (tertiary/aromatic N) is 4. The van der Waals surface area contributed by atoms with Crippen molar-refractivity contribution in [1.29, 1.82) is 0 Å². The number of nitro benzene ring substituents is 2. The van der Waals surface area contributed by atoms with Crippen LogP contribution in [0.2, 0.25) is 0 Å². The van der Waals surface area contributed by atoms with Crippen LogP contribution in [0, 0.1) is 26.1 Å². The summed E-state index contributed by atoms with van der Waals surface area (Å²) >= 11 is 0. The highest BCUT2D eigenvalue weighted by Crippen LogP contribution is 2.40. The predicted molar refractivity (Wildman–Crippen MR) is 100 cm³/mol. The maximum atomic E-state index is 13.1. The number of carbonyl (C=O) groups excluding carboxylic acids is 2. The lowest BCUT2D eigenvalue weighted by atomic mass is 9.94. The van der Waals surface area contributed by atoms with E-state index in [1.807, 2.05) is 0 Å². The van der Waals surface area contributed by atoms with E-state index in [4.69, 9.17) is 9.57 Å². The first-order valence-corrected chi connectivity index (χ1v) is 8.52. The first kappa shape index (κ1) is 19.0. The van der Waals surface area contributed by atoms with Gasteiger partial charge < -0.3 is 9.57 Å². The number of rotatable bonds is 5. The Balaban J connectivity index is 1.72. The molecular weight excluding hydrogens is 400 g/mol. The second kappa shape index (κ2) is 6.92. The van der Waals surface area contributed by atoms with E-state index in [9.17, 15) is 29.8 Å². The number of carbonyl (C=O) groups is 2. The van der Waals surface area contributed by atoms with Crippen LogP contribution < -0.4 is 9.64 Å². The summed E-state index contributed by atoms with van der Waals surface area (Å²) in [5.41, 5.74) is -0.0368. The van der Waals surface area contributed by atoms with Gasteiger partial charge in [-0.1, -0.05) is 5.16 Å². The highest BCUT2D eigenvalue weighted by Gasteiger charge is 2.56. The van der Waals surface area contributed by atoms with Gasteiger partial charge in [0.15, 0.2) is 0 Å². The molecule has 2 aromatic rings. The van der Waals surface area contributed by atoms with E-state index in [0.29, 0.717) is 5.56 Å². The number of hydrogen-bond acceptors (Lipinski definition) is 9. The zero-order valence-corrected chi connectivity index (χ0v) is 15.3. The van der Waals surface area contributed by atoms with Crippen molar-refractivity contribution < 1.29 is 29.0 Å². The standard InChI is InChI=1S/C18H12N4O8/c1-29-13-7-6-11(22(27)28)8-12(13)20-17(23)14-15(19-30-16(14)18(20)24)9-2-4-10(5-3-9)21(25)26/h2-8,14,16H,1H3. The maximum absolute atomic E-state index is 13.1. The van der Waals surface area contributed by atoms with Crippen LogP contribution in [0.3, 0.4) is 0 Å². The molecule has 2 aliphatic heterocycles. The van der Waals surface area contributed by atoms with Gasteiger partial charge in [0.2, 0.25) is 12.0 Å². The highest BCUT2D eigenvalue weighted by molar-refractivity contribution is 6.32. The normalized spacial score (nSPS) is 19.9. The van der Waals surface area contributed by atoms with E-state index in [-0.39, 0.29) is 28.5 Å². The smallest absolute Gasteiger partial charge is 0.279 e. The Kier molecular flexibility index (Phi) is 4.38. The van der Waals surface area contributed by atoms with E-state index in [0.717, 1.165) is 11.0 Å². The Morgan fingerprint density at radius 2 is 1.63 bits per heavy atom. The fourth-order valence-electron chi connectivity index (χ4n) is 3.37. The third-order valence-electron chi connectivity index (χ3n) is 4.80. The number of amides is 2. The number of benzene rings is 2. The van der Waals surface area contributed by atoms with Crippen LogP contribution in [0.4, 0.5) is 17.1 Å². The van der Waals surface area contributed by atoms with Crippen molar-refractivity contribution in [3.8, 4) is 5.75 Å². The summed E-state index contributed by atoms with van der Waals surface area (Å²) in [4.78, 5) is 52.7. The minimum atomic E-state index is -1.24. The molecule has 12 nitrogen and oxygen atoms in total. The molecule has 0 bridgehead atoms. The summed E-state index contributed by atoms with van der Waals surface area (Å²) in [7, 11) is 1.30. The molecule has 2 aromatic carbocycles. The molecule has 2 unspecified atom stereocenters. The van der Waals surface area contributed by atoms with E-state index in [1.54, 1.807) is 0 Å². The first-order valence-electron chi connectivity index (χ1n) is 8.52. The van der Waals surface area contributed by atoms with Gasteiger partial charge in [-0.15, -0.1) is 0 Å². The lowest BCUT2D eigenvalue weighted by molar-refractivity contribution is -0.385. The van der Waals surface area contributed by atoms with Crippen molar-refractivity contribution in [2.24, 2.45) is 11.1 Å². The SMILES string of the molecule is COc1ccc([N+](=O)[O-])cc1N1C(=O)C2ON=C(c3ccc([N+](=O)[O-])cc3)C2C1=O. The second-order valence-electron chi connectivity index (χ2n) is 6.41. The molecule has 0 N–H and O–H groups in total. The fraction of sp³-hybridized carbons (Fsp3) is 0.167. The Hall–Kier alpha value is -4.35. The van der Waals surface area contributed by atoms with Gasteiger partial charge in [-0.2, -0.15) is 0 Å². The zero-order valence-electron chi connectivity index (χ0n) is 15.3. The monoisotopic (exact) mass is 412 g/mol. The molecule has 30 heavy (non-hydrogen) atoms. The molecule has 4 rings (SSSR count). The molecular formula is C18H12N4O8. The molecule has 0 saturated carbocycles. The predicted octanol–water partition coefficient (Wildman–Crippen LogP) is 1.80. The lowest BCUT2D eigenvalue weighted by Crippen LogP contribution is -2.33. The van der Waals surface area contributed by atoms with Gasteiger partial charge in [-0.05, 0) is 18.2 Å². The van der Waals surface area contributed by atoms with Crippen molar-refractivity contribution in [3.05, 3.63) is 68.3 Å². The summed E-state index contributed by atoms with van der Waals surface area (Å²) in [6.45, 7) is 0. The molecule has 2 atom stereocenters. The highest BCUT2D eigenvalue weighted by atomic mass is 16.7. The van der Waals surface area contributed by atoms with Gasteiger partial charge in [0.05, 0.1) is 17.0 Å². The van der Waals surface area contributed by atoms with Crippen LogP contribution in [0.5, 0.6) is 5.75 Å². The van der Waals surface area contributed by atoms with Crippen molar-refractivity contribution in [1.82, 2.24) is 0 Å². The molecule has 152 valence electrons. The summed E-state index contributed by atoms with van der Waals surface area (Å²) in [6.07, 6.45) is -1.24. The largest absolute Gasteiger partial charge is 0.495 e. The summed E-state index contributed by atoms with van der Waals surface area (Å²) in [5, 5.41) is 25.8. The van der Waals surface area contributed by atoms with Crippen LogP contribution in [-0.2, 0) is 14.4 Å². The van der Waals surface area contributed by atoms with Gasteiger partial charge in [-0.25, -0.2) is 4.90 Å². The minimum Gasteiger partial charge on any atom is -0.495 e. The van der Waals surface area contributed by atoms with Crippen molar-refractivity contribution in [2.45, 2.75) is 6.10 Å². The Bertz CT molecular complexity index is 1130. The fourth-order valence-corrected chi connectivity index (χ4v) is 3.37. The topological polar surface area (TPSA) is 154 Å². The number of nitro groups is 2. The number of non-ortho nitro benzene ring substituents is 2. The van der Waals surface area contributed by atoms with Crippen molar-refractivity contribution in [3.63, 3.8) is 0 Å². The molecule has 2 amide bonds. The van der Waals surface area contributed by atoms with E-state index in [2.05, 4.69) is 5.16 Å². The molecule has 0 aliphatic carbocycles. The Labute approximate surface area is 167 Å². The van der Waals surface area contributed by atoms with Crippen LogP contribution >= 0.6 is 0 Å².